The average molecular weight is 396 g/mol. The highest BCUT2D eigenvalue weighted by atomic mass is 16.3. The number of H-pyrrole nitrogens is 1. The summed E-state index contributed by atoms with van der Waals surface area (Å²) < 4.78 is 0. The number of hydrogen-bond donors (Lipinski definition) is 4. The van der Waals surface area contributed by atoms with Gasteiger partial charge in [-0.1, -0.05) is 13.8 Å². The molecule has 0 saturated heterocycles. The maximum atomic E-state index is 11.4. The predicted molar refractivity (Wildman–Crippen MR) is 113 cm³/mol. The van der Waals surface area contributed by atoms with Crippen LogP contribution in [0.4, 0.5) is 0 Å². The molecule has 2 fully saturated rings. The number of aromatic nitrogens is 2. The van der Waals surface area contributed by atoms with Crippen molar-refractivity contribution in [2.24, 2.45) is 22.4 Å². The molecule has 0 unspecified atom stereocenters. The minimum Gasteiger partial charge on any atom is -0.428 e. The number of nitrogens with one attached hydrogen (secondary N) is 1. The number of hydrazone groups is 1. The third-order valence-corrected chi connectivity index (χ3v) is 7.54. The van der Waals surface area contributed by atoms with Gasteiger partial charge in [0.25, 0.3) is 0 Å². The standard InChI is InChI=1S/C21H29BN4O3/c1-3-21(12-20(28)9-13(2)8-14(21)10-20)18-17-15-4-5-23-19(15)24-11-16(17)22(29)26(25-18)6-7-27/h4-5,11,13-14,27-29H,3,6-10,12H2,1-2H3,(H,23,24)/t13-,14+,20+,21-/m1/s1. The molecule has 0 aromatic carbocycles. The molecule has 2 aromatic heterocycles. The van der Waals surface area contributed by atoms with Crippen molar-refractivity contribution in [1.82, 2.24) is 14.9 Å². The van der Waals surface area contributed by atoms with Crippen LogP contribution in [0, 0.1) is 17.3 Å². The summed E-state index contributed by atoms with van der Waals surface area (Å²) in [6.45, 7) is 4.58. The number of aromatic amines is 1. The van der Waals surface area contributed by atoms with Gasteiger partial charge in [0.2, 0.25) is 0 Å². The second-order valence-electron chi connectivity index (χ2n) is 9.39. The number of aliphatic hydroxyl groups is 2. The van der Waals surface area contributed by atoms with E-state index >= 15 is 0 Å². The van der Waals surface area contributed by atoms with Crippen molar-refractivity contribution >= 4 is 29.3 Å². The summed E-state index contributed by atoms with van der Waals surface area (Å²) in [5, 5.41) is 37.8. The Hall–Kier alpha value is -1.90. The summed E-state index contributed by atoms with van der Waals surface area (Å²) in [7, 11) is -0.940. The van der Waals surface area contributed by atoms with Crippen molar-refractivity contribution in [3.63, 3.8) is 0 Å². The van der Waals surface area contributed by atoms with Crippen molar-refractivity contribution in [1.29, 1.82) is 0 Å². The van der Waals surface area contributed by atoms with Gasteiger partial charge in [0, 0.05) is 40.8 Å². The summed E-state index contributed by atoms with van der Waals surface area (Å²) in [5.74, 6) is 0.834. The van der Waals surface area contributed by atoms with Crippen LogP contribution in [-0.4, -0.2) is 61.6 Å². The molecule has 154 valence electrons. The van der Waals surface area contributed by atoms with Crippen molar-refractivity contribution in [2.45, 2.75) is 51.6 Å². The highest BCUT2D eigenvalue weighted by molar-refractivity contribution is 6.66. The highest BCUT2D eigenvalue weighted by Gasteiger charge is 2.60. The largest absolute Gasteiger partial charge is 0.468 e. The first-order valence-electron chi connectivity index (χ1n) is 10.7. The Morgan fingerprint density at radius 1 is 1.38 bits per heavy atom. The zero-order chi connectivity index (χ0) is 20.4. The van der Waals surface area contributed by atoms with Gasteiger partial charge in [-0.3, -0.25) is 0 Å². The van der Waals surface area contributed by atoms with Gasteiger partial charge in [-0.15, -0.1) is 0 Å². The summed E-state index contributed by atoms with van der Waals surface area (Å²) in [6.07, 6.45) is 7.88. The molecular weight excluding hydrogens is 367 g/mol. The summed E-state index contributed by atoms with van der Waals surface area (Å²) in [5.41, 5.74) is 2.49. The van der Waals surface area contributed by atoms with Crippen LogP contribution in [0.15, 0.2) is 23.6 Å². The second-order valence-corrected chi connectivity index (χ2v) is 9.39. The number of β-amino-alcohol motifs (C(OH)–C–C–N with tert-alkyl or cyclic N) is 1. The quantitative estimate of drug-likeness (QED) is 0.582. The van der Waals surface area contributed by atoms with E-state index in [1.54, 1.807) is 11.1 Å². The monoisotopic (exact) mass is 396 g/mol. The Kier molecular flexibility index (Phi) is 4.31. The van der Waals surface area contributed by atoms with Gasteiger partial charge in [0.15, 0.2) is 0 Å². The zero-order valence-corrected chi connectivity index (χ0v) is 17.1. The average Bonchev–Trinajstić information content (AvgIpc) is 3.24. The number of rotatable bonds is 4. The third kappa shape index (κ3) is 2.69. The van der Waals surface area contributed by atoms with Crippen LogP contribution in [0.3, 0.4) is 0 Å². The number of pyridine rings is 1. The van der Waals surface area contributed by atoms with Gasteiger partial charge in [-0.05, 0) is 50.0 Å². The van der Waals surface area contributed by atoms with Crippen LogP contribution < -0.4 is 5.46 Å². The Morgan fingerprint density at radius 2 is 2.21 bits per heavy atom. The van der Waals surface area contributed by atoms with Gasteiger partial charge < -0.3 is 25.1 Å². The van der Waals surface area contributed by atoms with Crippen LogP contribution in [0.1, 0.15) is 51.5 Å². The molecule has 5 rings (SSSR count). The number of fused-ring (bicyclic) bond motifs is 5. The Morgan fingerprint density at radius 3 is 2.97 bits per heavy atom. The topological polar surface area (TPSA) is 105 Å². The molecule has 1 aliphatic heterocycles. The Labute approximate surface area is 171 Å². The van der Waals surface area contributed by atoms with Gasteiger partial charge in [0.05, 0.1) is 17.9 Å². The van der Waals surface area contributed by atoms with E-state index in [1.165, 1.54) is 0 Å². The molecule has 4 atom stereocenters. The van der Waals surface area contributed by atoms with Crippen molar-refractivity contribution < 1.29 is 15.2 Å². The Balaban J connectivity index is 1.74. The molecule has 0 amide bonds. The van der Waals surface area contributed by atoms with E-state index in [0.717, 1.165) is 53.5 Å². The maximum Gasteiger partial charge on any atom is 0.468 e. The van der Waals surface area contributed by atoms with Crippen molar-refractivity contribution in [3.05, 3.63) is 24.0 Å². The molecule has 8 heteroatoms. The number of aliphatic hydroxyl groups excluding tert-OH is 1. The normalized spacial score (nSPS) is 33.9. The van der Waals surface area contributed by atoms with Crippen LogP contribution in [0.2, 0.25) is 0 Å². The maximum absolute atomic E-state index is 11.4. The van der Waals surface area contributed by atoms with E-state index in [1.807, 2.05) is 12.3 Å². The second kappa shape index (κ2) is 6.55. The van der Waals surface area contributed by atoms with E-state index in [0.29, 0.717) is 18.3 Å². The molecule has 29 heavy (non-hydrogen) atoms. The minimum atomic E-state index is -0.940. The lowest BCUT2D eigenvalue weighted by molar-refractivity contribution is 0.00141. The molecule has 2 bridgehead atoms. The molecule has 2 aromatic rings. The smallest absolute Gasteiger partial charge is 0.428 e. The van der Waals surface area contributed by atoms with E-state index < -0.39 is 12.7 Å². The molecule has 2 aliphatic carbocycles. The van der Waals surface area contributed by atoms with E-state index in [2.05, 4.69) is 23.8 Å². The fourth-order valence-corrected chi connectivity index (χ4v) is 6.50. The number of hydrogen-bond acceptors (Lipinski definition) is 6. The third-order valence-electron chi connectivity index (χ3n) is 7.54. The van der Waals surface area contributed by atoms with Gasteiger partial charge >= 0.3 is 7.05 Å². The summed E-state index contributed by atoms with van der Waals surface area (Å²) >= 11 is 0. The molecule has 0 radical (unpaired) electrons. The molecule has 4 N–H and O–H groups in total. The van der Waals surface area contributed by atoms with Crippen molar-refractivity contribution in [3.8, 4) is 0 Å². The lowest BCUT2D eigenvalue weighted by Gasteiger charge is -2.41. The van der Waals surface area contributed by atoms with Gasteiger partial charge in [-0.2, -0.15) is 5.10 Å². The van der Waals surface area contributed by atoms with E-state index in [9.17, 15) is 15.2 Å². The minimum absolute atomic E-state index is 0.0907. The lowest BCUT2D eigenvalue weighted by Crippen LogP contribution is -2.55. The fourth-order valence-electron chi connectivity index (χ4n) is 6.50. The van der Waals surface area contributed by atoms with Gasteiger partial charge in [-0.25, -0.2) is 4.98 Å². The fraction of sp³-hybridized carbons (Fsp3) is 0.619. The van der Waals surface area contributed by atoms with Crippen molar-refractivity contribution in [2.75, 3.05) is 13.2 Å². The molecular formula is C21H29BN4O3. The molecule has 3 aliphatic rings. The summed E-state index contributed by atoms with van der Waals surface area (Å²) in [6, 6.07) is 1.99. The van der Waals surface area contributed by atoms with E-state index in [-0.39, 0.29) is 18.6 Å². The lowest BCUT2D eigenvalue weighted by atomic mass is 9.62. The Bertz CT molecular complexity index is 978. The van der Waals surface area contributed by atoms with Crippen LogP contribution in [-0.2, 0) is 0 Å². The van der Waals surface area contributed by atoms with Gasteiger partial charge in [0.1, 0.15) is 5.65 Å². The van der Waals surface area contributed by atoms with Crippen LogP contribution in [0.25, 0.3) is 11.0 Å². The molecule has 3 heterocycles. The van der Waals surface area contributed by atoms with Crippen LogP contribution in [0.5, 0.6) is 0 Å². The molecule has 2 saturated carbocycles. The molecule has 7 nitrogen and oxygen atoms in total. The SMILES string of the molecule is CC[C@@]1(C2=NN(CCO)B(O)c3cnc4[nH]ccc4c32)C[C@]2(O)C[C@H](C)C[C@H]1C2. The number of nitrogens with zero attached hydrogens (tertiary/aromatic N) is 3. The van der Waals surface area contributed by atoms with E-state index in [4.69, 9.17) is 5.10 Å². The highest BCUT2D eigenvalue weighted by Crippen LogP contribution is 2.60. The molecule has 0 spiro atoms. The summed E-state index contributed by atoms with van der Waals surface area (Å²) in [4.78, 5) is 9.24. The first-order chi connectivity index (χ1) is 13.9. The zero-order valence-electron chi connectivity index (χ0n) is 17.1. The first kappa shape index (κ1) is 19.1. The van der Waals surface area contributed by atoms with Crippen LogP contribution >= 0.6 is 0 Å². The predicted octanol–water partition coefficient (Wildman–Crippen LogP) is 1.23. The first-order valence-corrected chi connectivity index (χ1v) is 10.7.